The van der Waals surface area contributed by atoms with E-state index in [-0.39, 0.29) is 5.91 Å². The van der Waals surface area contributed by atoms with Crippen molar-refractivity contribution in [2.45, 2.75) is 6.61 Å². The van der Waals surface area contributed by atoms with Crippen LogP contribution in [0.2, 0.25) is 0 Å². The van der Waals surface area contributed by atoms with Crippen molar-refractivity contribution in [3.8, 4) is 39.3 Å². The maximum Gasteiger partial charge on any atom is 0.294 e. The number of fused-ring (bicyclic) bond motifs is 2. The van der Waals surface area contributed by atoms with E-state index in [4.69, 9.17) is 23.4 Å². The fraction of sp³-hybridized carbons (Fsp3) is 0.219. The molecule has 1 aliphatic rings. The van der Waals surface area contributed by atoms with Crippen molar-refractivity contribution in [1.82, 2.24) is 19.5 Å². The molecule has 0 bridgehead atoms. The summed E-state index contributed by atoms with van der Waals surface area (Å²) >= 11 is 1.36. The molecule has 1 saturated heterocycles. The summed E-state index contributed by atoms with van der Waals surface area (Å²) in [4.78, 5) is 20.0. The predicted octanol–water partition coefficient (Wildman–Crippen LogP) is 5.94. The molecule has 11 heteroatoms. The second-order valence-electron chi connectivity index (χ2n) is 10.0. The molecule has 0 unspecified atom stereocenters. The van der Waals surface area contributed by atoms with E-state index >= 15 is 0 Å². The molecule has 0 aliphatic carbocycles. The molecule has 218 valence electrons. The third-order valence-corrected chi connectivity index (χ3v) is 8.26. The number of hydrogen-bond acceptors (Lipinski definition) is 9. The van der Waals surface area contributed by atoms with Crippen LogP contribution in [0.1, 0.15) is 15.9 Å². The Morgan fingerprint density at radius 2 is 1.79 bits per heavy atom. The lowest BCUT2D eigenvalue weighted by atomic mass is 10.0. The lowest BCUT2D eigenvalue weighted by molar-refractivity contribution is 0.0303. The highest BCUT2D eigenvalue weighted by Crippen LogP contribution is 2.35. The summed E-state index contributed by atoms with van der Waals surface area (Å²) in [6, 6.07) is 21.4. The number of methoxy groups -OCH3 is 2. The van der Waals surface area contributed by atoms with Gasteiger partial charge in [0.25, 0.3) is 11.1 Å². The summed E-state index contributed by atoms with van der Waals surface area (Å²) in [7, 11) is 3.21. The van der Waals surface area contributed by atoms with Crippen LogP contribution in [0.15, 0.2) is 77.3 Å². The third-order valence-electron chi connectivity index (χ3n) is 7.38. The first-order chi connectivity index (χ1) is 21.1. The van der Waals surface area contributed by atoms with Gasteiger partial charge in [0.1, 0.15) is 29.4 Å². The zero-order valence-electron chi connectivity index (χ0n) is 23.6. The molecule has 1 amide bonds. The number of carbonyl (C=O) groups excluding carboxylic acids is 1. The highest BCUT2D eigenvalue weighted by Gasteiger charge is 2.19. The van der Waals surface area contributed by atoms with Crippen LogP contribution in [0.3, 0.4) is 0 Å². The molecule has 0 atom stereocenters. The lowest BCUT2D eigenvalue weighted by Gasteiger charge is -2.26. The fourth-order valence-electron chi connectivity index (χ4n) is 5.11. The van der Waals surface area contributed by atoms with E-state index in [2.05, 4.69) is 10.1 Å². The Hall–Kier alpha value is -4.87. The number of benzene rings is 3. The van der Waals surface area contributed by atoms with Crippen molar-refractivity contribution < 1.29 is 28.2 Å². The van der Waals surface area contributed by atoms with Gasteiger partial charge in [-0.2, -0.15) is 0 Å². The molecule has 0 radical (unpaired) electrons. The summed E-state index contributed by atoms with van der Waals surface area (Å²) in [5.41, 5.74) is 4.94. The van der Waals surface area contributed by atoms with E-state index in [0.29, 0.717) is 71.4 Å². The van der Waals surface area contributed by atoms with Crippen LogP contribution in [0.5, 0.6) is 16.7 Å². The van der Waals surface area contributed by atoms with Gasteiger partial charge in [-0.25, -0.2) is 9.50 Å². The van der Waals surface area contributed by atoms with E-state index in [9.17, 15) is 4.79 Å². The lowest BCUT2D eigenvalue weighted by Crippen LogP contribution is -2.40. The number of aromatic nitrogens is 3. The van der Waals surface area contributed by atoms with Crippen molar-refractivity contribution in [3.05, 3.63) is 84.1 Å². The number of amides is 1. The zero-order valence-corrected chi connectivity index (χ0v) is 24.4. The smallest absolute Gasteiger partial charge is 0.294 e. The van der Waals surface area contributed by atoms with Gasteiger partial charge in [0.05, 0.1) is 33.6 Å². The Labute approximate surface area is 251 Å². The Balaban J connectivity index is 1.10. The number of carbonyl (C=O) groups is 1. The molecule has 0 saturated carbocycles. The van der Waals surface area contributed by atoms with Crippen LogP contribution in [-0.4, -0.2) is 65.9 Å². The highest BCUT2D eigenvalue weighted by atomic mass is 32.1. The highest BCUT2D eigenvalue weighted by molar-refractivity contribution is 7.18. The quantitative estimate of drug-likeness (QED) is 0.213. The number of furan rings is 1. The first kappa shape index (κ1) is 27.0. The molecule has 0 spiro atoms. The first-order valence-corrected chi connectivity index (χ1v) is 14.6. The molecule has 3 aromatic heterocycles. The average molecular weight is 597 g/mol. The number of ether oxygens (including phenoxy) is 4. The molecule has 7 rings (SSSR count). The van der Waals surface area contributed by atoms with Crippen LogP contribution in [0.4, 0.5) is 0 Å². The van der Waals surface area contributed by atoms with E-state index in [1.54, 1.807) is 18.7 Å². The van der Waals surface area contributed by atoms with Crippen LogP contribution < -0.4 is 14.2 Å². The van der Waals surface area contributed by atoms with Gasteiger partial charge >= 0.3 is 0 Å². The zero-order chi connectivity index (χ0) is 29.3. The van der Waals surface area contributed by atoms with Crippen molar-refractivity contribution in [2.24, 2.45) is 0 Å². The molecule has 6 aromatic rings. The van der Waals surface area contributed by atoms with E-state index in [1.165, 1.54) is 11.3 Å². The van der Waals surface area contributed by atoms with E-state index < -0.39 is 0 Å². The molecule has 1 fully saturated rings. The van der Waals surface area contributed by atoms with E-state index in [1.807, 2.05) is 77.8 Å². The Bertz CT molecular complexity index is 1890. The van der Waals surface area contributed by atoms with E-state index in [0.717, 1.165) is 27.8 Å². The summed E-state index contributed by atoms with van der Waals surface area (Å²) in [6.45, 7) is 2.71. The summed E-state index contributed by atoms with van der Waals surface area (Å²) in [6.07, 6.45) is 1.82. The van der Waals surface area contributed by atoms with Gasteiger partial charge in [-0.15, -0.1) is 5.10 Å². The molecular weight excluding hydrogens is 568 g/mol. The number of morpholine rings is 1. The van der Waals surface area contributed by atoms with Gasteiger partial charge in [0, 0.05) is 35.7 Å². The number of nitrogens with zero attached hydrogens (tertiary/aromatic N) is 4. The summed E-state index contributed by atoms with van der Waals surface area (Å²) in [5.74, 6) is 2.05. The van der Waals surface area contributed by atoms with Gasteiger partial charge in [-0.05, 0) is 58.9 Å². The topological polar surface area (TPSA) is 101 Å². The SMILES string of the molecule is COc1cc(COc2cccc(-c3ccc(C(=O)N4CCOCC4)cc3)c2)c2cc(-c3cn4nc(OC)sc4n3)oc2c1. The third kappa shape index (κ3) is 5.40. The molecule has 4 heterocycles. The van der Waals surface area contributed by atoms with Crippen LogP contribution in [-0.2, 0) is 11.3 Å². The van der Waals surface area contributed by atoms with Gasteiger partial charge in [0.15, 0.2) is 5.76 Å². The summed E-state index contributed by atoms with van der Waals surface area (Å²) in [5, 5.41) is 5.80. The Morgan fingerprint density at radius 1 is 0.953 bits per heavy atom. The van der Waals surface area contributed by atoms with Crippen LogP contribution in [0, 0.1) is 0 Å². The minimum absolute atomic E-state index is 0.0311. The predicted molar refractivity (Wildman–Crippen MR) is 162 cm³/mol. The van der Waals surface area contributed by atoms with Crippen molar-refractivity contribution in [1.29, 1.82) is 0 Å². The number of rotatable bonds is 8. The average Bonchev–Trinajstić information content (AvgIpc) is 3.77. The molecule has 0 N–H and O–H groups in total. The van der Waals surface area contributed by atoms with Crippen molar-refractivity contribution in [3.63, 3.8) is 0 Å². The largest absolute Gasteiger partial charge is 0.497 e. The van der Waals surface area contributed by atoms with Gasteiger partial charge in [-0.1, -0.05) is 24.3 Å². The Kier molecular flexibility index (Phi) is 7.17. The van der Waals surface area contributed by atoms with Crippen molar-refractivity contribution >= 4 is 33.2 Å². The maximum absolute atomic E-state index is 12.8. The molecule has 3 aromatic carbocycles. The van der Waals surface area contributed by atoms with Gasteiger partial charge < -0.3 is 28.3 Å². The minimum Gasteiger partial charge on any atom is -0.497 e. The second-order valence-corrected chi connectivity index (χ2v) is 11.0. The molecule has 10 nitrogen and oxygen atoms in total. The monoisotopic (exact) mass is 596 g/mol. The molecule has 1 aliphatic heterocycles. The normalized spacial score (nSPS) is 13.5. The van der Waals surface area contributed by atoms with Crippen LogP contribution in [0.25, 0.3) is 38.5 Å². The number of imidazole rings is 1. The summed E-state index contributed by atoms with van der Waals surface area (Å²) < 4.78 is 30.2. The maximum atomic E-state index is 12.8. The number of hydrogen-bond donors (Lipinski definition) is 0. The fourth-order valence-corrected chi connectivity index (χ4v) is 5.81. The minimum atomic E-state index is 0.0311. The first-order valence-electron chi connectivity index (χ1n) is 13.8. The molecular formula is C32H28N4O6S. The second kappa shape index (κ2) is 11.4. The van der Waals surface area contributed by atoms with Crippen LogP contribution >= 0.6 is 11.3 Å². The van der Waals surface area contributed by atoms with Gasteiger partial charge in [0.2, 0.25) is 4.96 Å². The molecule has 43 heavy (non-hydrogen) atoms. The Morgan fingerprint density at radius 3 is 2.56 bits per heavy atom. The van der Waals surface area contributed by atoms with Crippen molar-refractivity contribution in [2.75, 3.05) is 40.5 Å². The van der Waals surface area contributed by atoms with Gasteiger partial charge in [-0.3, -0.25) is 4.79 Å². The standard InChI is InChI=1S/C32H28N4O6S/c1-38-25-15-23(26-17-29(42-28(26)16-25)27-18-36-31(33-27)43-32(34-36)39-2)19-41-24-5-3-4-22(14-24)20-6-8-21(9-7-20)30(37)35-10-12-40-13-11-35/h3-9,14-18H,10-13,19H2,1-2H3.